The van der Waals surface area contributed by atoms with Crippen molar-refractivity contribution >= 4 is 23.2 Å². The average Bonchev–Trinajstić information content (AvgIpc) is 3.13. The normalized spacial score (nSPS) is 13.4. The maximum Gasteiger partial charge on any atom is 0.228 e. The number of carbonyl (C=O) groups excluding carboxylic acids is 2. The number of hydrogen-bond acceptors (Lipinski definition) is 5. The zero-order valence-corrected chi connectivity index (χ0v) is 16.3. The van der Waals surface area contributed by atoms with Crippen LogP contribution in [0.3, 0.4) is 0 Å². The van der Waals surface area contributed by atoms with Gasteiger partial charge in [0.2, 0.25) is 17.6 Å². The molecule has 2 aromatic rings. The number of nitrogens with zero attached hydrogens (tertiary/aromatic N) is 1. The van der Waals surface area contributed by atoms with Crippen LogP contribution in [0, 0.1) is 0 Å². The smallest absolute Gasteiger partial charge is 0.228 e. The second-order valence-corrected chi connectivity index (χ2v) is 6.42. The Bertz CT molecular complexity index is 856. The number of rotatable bonds is 7. The van der Waals surface area contributed by atoms with Gasteiger partial charge < -0.3 is 24.4 Å². The molecule has 148 valence electrons. The van der Waals surface area contributed by atoms with Crippen molar-refractivity contribution in [2.24, 2.45) is 0 Å². The second-order valence-electron chi connectivity index (χ2n) is 6.42. The van der Waals surface area contributed by atoms with Crippen LogP contribution in [0.25, 0.3) is 0 Å². The molecule has 28 heavy (non-hydrogen) atoms. The maximum atomic E-state index is 12.7. The quantitative estimate of drug-likeness (QED) is 0.794. The highest BCUT2D eigenvalue weighted by molar-refractivity contribution is 6.02. The Kier molecular flexibility index (Phi) is 6.03. The van der Waals surface area contributed by atoms with Crippen LogP contribution in [0.1, 0.15) is 18.4 Å². The molecule has 1 fully saturated rings. The standard InChI is InChI=1S/C21H24N2O5/c1-26-17-11-14(12-18(27-2)21(17)28-3)13-19(24)22-15-7-4-5-8-16(15)23-10-6-9-20(23)25/h4-5,7-8,11-12H,6,9-10,13H2,1-3H3,(H,22,24). The second kappa shape index (κ2) is 8.65. The first-order valence-electron chi connectivity index (χ1n) is 9.05. The average molecular weight is 384 g/mol. The summed E-state index contributed by atoms with van der Waals surface area (Å²) in [5, 5.41) is 2.91. The van der Waals surface area contributed by atoms with E-state index in [0.717, 1.165) is 17.7 Å². The molecule has 0 saturated carbocycles. The van der Waals surface area contributed by atoms with Gasteiger partial charge in [-0.15, -0.1) is 0 Å². The van der Waals surface area contributed by atoms with Crippen LogP contribution < -0.4 is 24.4 Å². The number of carbonyl (C=O) groups is 2. The zero-order chi connectivity index (χ0) is 20.1. The van der Waals surface area contributed by atoms with E-state index < -0.39 is 0 Å². The number of amides is 2. The highest BCUT2D eigenvalue weighted by atomic mass is 16.5. The van der Waals surface area contributed by atoms with Crippen LogP contribution in [0.4, 0.5) is 11.4 Å². The third-order valence-corrected chi connectivity index (χ3v) is 4.63. The topological polar surface area (TPSA) is 77.1 Å². The minimum Gasteiger partial charge on any atom is -0.493 e. The van der Waals surface area contributed by atoms with Gasteiger partial charge in [0.05, 0.1) is 39.1 Å². The van der Waals surface area contributed by atoms with Crippen LogP contribution in [-0.4, -0.2) is 39.7 Å². The van der Waals surface area contributed by atoms with Crippen molar-refractivity contribution in [3.05, 3.63) is 42.0 Å². The fourth-order valence-corrected chi connectivity index (χ4v) is 3.33. The van der Waals surface area contributed by atoms with Crippen molar-refractivity contribution in [1.82, 2.24) is 0 Å². The molecule has 1 heterocycles. The summed E-state index contributed by atoms with van der Waals surface area (Å²) in [5.74, 6) is 1.34. The summed E-state index contributed by atoms with van der Waals surface area (Å²) < 4.78 is 16.0. The van der Waals surface area contributed by atoms with Gasteiger partial charge in [0, 0.05) is 13.0 Å². The summed E-state index contributed by atoms with van der Waals surface area (Å²) in [7, 11) is 4.60. The van der Waals surface area contributed by atoms with E-state index in [-0.39, 0.29) is 18.2 Å². The lowest BCUT2D eigenvalue weighted by Gasteiger charge is -2.20. The Labute approximate surface area is 164 Å². The van der Waals surface area contributed by atoms with Gasteiger partial charge in [0.1, 0.15) is 0 Å². The molecule has 0 aromatic heterocycles. The van der Waals surface area contributed by atoms with Crippen molar-refractivity contribution in [1.29, 1.82) is 0 Å². The zero-order valence-electron chi connectivity index (χ0n) is 16.3. The van der Waals surface area contributed by atoms with Crippen molar-refractivity contribution < 1.29 is 23.8 Å². The first-order valence-corrected chi connectivity index (χ1v) is 9.05. The molecule has 2 amide bonds. The van der Waals surface area contributed by atoms with Gasteiger partial charge in [0.25, 0.3) is 0 Å². The van der Waals surface area contributed by atoms with Crippen molar-refractivity contribution in [3.63, 3.8) is 0 Å². The van der Waals surface area contributed by atoms with Crippen molar-refractivity contribution in [2.45, 2.75) is 19.3 Å². The molecule has 7 heteroatoms. The predicted molar refractivity (Wildman–Crippen MR) is 106 cm³/mol. The SMILES string of the molecule is COc1cc(CC(=O)Nc2ccccc2N2CCCC2=O)cc(OC)c1OC. The fourth-order valence-electron chi connectivity index (χ4n) is 3.33. The molecule has 0 atom stereocenters. The number of anilines is 2. The van der Waals surface area contributed by atoms with Gasteiger partial charge in [-0.05, 0) is 36.2 Å². The third kappa shape index (κ3) is 4.03. The van der Waals surface area contributed by atoms with E-state index in [9.17, 15) is 9.59 Å². The summed E-state index contributed by atoms with van der Waals surface area (Å²) in [4.78, 5) is 26.5. The highest BCUT2D eigenvalue weighted by Crippen LogP contribution is 2.38. The number of ether oxygens (including phenoxy) is 3. The Morgan fingerprint density at radius 1 is 1.07 bits per heavy atom. The Hall–Kier alpha value is -3.22. The molecule has 0 aliphatic carbocycles. The molecule has 0 unspecified atom stereocenters. The molecule has 0 bridgehead atoms. The molecule has 3 rings (SSSR count). The van der Waals surface area contributed by atoms with Crippen LogP contribution >= 0.6 is 0 Å². The number of nitrogens with one attached hydrogen (secondary N) is 1. The van der Waals surface area contributed by atoms with Gasteiger partial charge in [-0.1, -0.05) is 12.1 Å². The Morgan fingerprint density at radius 3 is 2.32 bits per heavy atom. The monoisotopic (exact) mass is 384 g/mol. The summed E-state index contributed by atoms with van der Waals surface area (Å²) in [6, 6.07) is 10.8. The number of hydrogen-bond donors (Lipinski definition) is 1. The van der Waals surface area contributed by atoms with Crippen LogP contribution in [0.15, 0.2) is 36.4 Å². The molecular formula is C21H24N2O5. The molecule has 1 N–H and O–H groups in total. The predicted octanol–water partition coefficient (Wildman–Crippen LogP) is 3.02. The van der Waals surface area contributed by atoms with Crippen LogP contribution in [-0.2, 0) is 16.0 Å². The van der Waals surface area contributed by atoms with Gasteiger partial charge >= 0.3 is 0 Å². The first kappa shape index (κ1) is 19.5. The van der Waals surface area contributed by atoms with Crippen LogP contribution in [0.5, 0.6) is 17.2 Å². The largest absolute Gasteiger partial charge is 0.493 e. The van der Waals surface area contributed by atoms with E-state index in [1.54, 1.807) is 23.1 Å². The van der Waals surface area contributed by atoms with E-state index in [1.807, 2.05) is 18.2 Å². The van der Waals surface area contributed by atoms with E-state index in [2.05, 4.69) is 5.32 Å². The minimum atomic E-state index is -0.201. The van der Waals surface area contributed by atoms with E-state index in [1.165, 1.54) is 21.3 Å². The minimum absolute atomic E-state index is 0.0753. The molecule has 7 nitrogen and oxygen atoms in total. The highest BCUT2D eigenvalue weighted by Gasteiger charge is 2.24. The van der Waals surface area contributed by atoms with E-state index in [0.29, 0.717) is 35.9 Å². The number of para-hydroxylation sites is 2. The van der Waals surface area contributed by atoms with Gasteiger partial charge in [0.15, 0.2) is 11.5 Å². The van der Waals surface area contributed by atoms with Gasteiger partial charge in [-0.3, -0.25) is 9.59 Å². The number of benzene rings is 2. The molecule has 1 saturated heterocycles. The third-order valence-electron chi connectivity index (χ3n) is 4.63. The lowest BCUT2D eigenvalue weighted by Crippen LogP contribution is -2.26. The molecular weight excluding hydrogens is 360 g/mol. The maximum absolute atomic E-state index is 12.7. The van der Waals surface area contributed by atoms with Crippen molar-refractivity contribution in [3.8, 4) is 17.2 Å². The fraction of sp³-hybridized carbons (Fsp3) is 0.333. The summed E-state index contributed by atoms with van der Waals surface area (Å²) in [6.07, 6.45) is 1.49. The lowest BCUT2D eigenvalue weighted by molar-refractivity contribution is -0.117. The van der Waals surface area contributed by atoms with Crippen LogP contribution in [0.2, 0.25) is 0 Å². The summed E-state index contributed by atoms with van der Waals surface area (Å²) >= 11 is 0. The van der Waals surface area contributed by atoms with Crippen molar-refractivity contribution in [2.75, 3.05) is 38.1 Å². The molecule has 1 aliphatic heterocycles. The first-order chi connectivity index (χ1) is 13.6. The van der Waals surface area contributed by atoms with Gasteiger partial charge in [-0.25, -0.2) is 0 Å². The molecule has 2 aromatic carbocycles. The summed E-state index contributed by atoms with van der Waals surface area (Å²) in [5.41, 5.74) is 2.07. The Balaban J connectivity index is 1.79. The van der Waals surface area contributed by atoms with Gasteiger partial charge in [-0.2, -0.15) is 0 Å². The molecule has 1 aliphatic rings. The van der Waals surface area contributed by atoms with E-state index in [4.69, 9.17) is 14.2 Å². The molecule has 0 spiro atoms. The number of methoxy groups -OCH3 is 3. The summed E-state index contributed by atoms with van der Waals surface area (Å²) in [6.45, 7) is 0.665. The lowest BCUT2D eigenvalue weighted by atomic mass is 10.1. The van der Waals surface area contributed by atoms with E-state index >= 15 is 0 Å². The molecule has 0 radical (unpaired) electrons. The Morgan fingerprint density at radius 2 is 1.75 bits per heavy atom.